The molecule has 0 aliphatic carbocycles. The van der Waals surface area contributed by atoms with Gasteiger partial charge < -0.3 is 4.74 Å². The Balaban J connectivity index is 3.71. The summed E-state index contributed by atoms with van der Waals surface area (Å²) in [6.45, 7) is 14.8. The van der Waals surface area contributed by atoms with Crippen molar-refractivity contribution in [2.75, 3.05) is 13.2 Å². The summed E-state index contributed by atoms with van der Waals surface area (Å²) in [6.07, 6.45) is 18.6. The van der Waals surface area contributed by atoms with Gasteiger partial charge >= 0.3 is 0 Å². The number of allylic oxidation sites excluding steroid dienone is 8. The van der Waals surface area contributed by atoms with Crippen molar-refractivity contribution in [3.63, 3.8) is 0 Å². The molecule has 0 saturated carbocycles. The normalized spacial score (nSPS) is 12.2. The molecule has 0 rings (SSSR count). The largest absolute Gasteiger partial charge is 0.381 e. The van der Waals surface area contributed by atoms with Crippen LogP contribution in [-0.2, 0) is 4.74 Å². The van der Waals surface area contributed by atoms with Crippen molar-refractivity contribution in [1.82, 2.24) is 0 Å². The maximum Gasteiger partial charge on any atom is 0.0469 e. The van der Waals surface area contributed by atoms with Crippen LogP contribution in [0.5, 0.6) is 0 Å². The van der Waals surface area contributed by atoms with E-state index in [4.69, 9.17) is 4.74 Å². The van der Waals surface area contributed by atoms with Crippen LogP contribution in [-0.4, -0.2) is 13.2 Å². The SMILES string of the molecule is CC=C(CCC=C(C)C)CCCOCCCC(=CC)CCC=C(C)C. The van der Waals surface area contributed by atoms with Crippen LogP contribution in [0.4, 0.5) is 0 Å². The molecule has 0 atom stereocenters. The second kappa shape index (κ2) is 16.4. The van der Waals surface area contributed by atoms with E-state index in [0.717, 1.165) is 26.1 Å². The van der Waals surface area contributed by atoms with Crippen LogP contribution in [0.15, 0.2) is 46.6 Å². The van der Waals surface area contributed by atoms with E-state index in [1.54, 1.807) is 11.1 Å². The van der Waals surface area contributed by atoms with Crippen molar-refractivity contribution in [3.8, 4) is 0 Å². The predicted molar refractivity (Wildman–Crippen MR) is 114 cm³/mol. The highest BCUT2D eigenvalue weighted by Gasteiger charge is 1.99. The summed E-state index contributed by atoms with van der Waals surface area (Å²) < 4.78 is 5.83. The zero-order valence-electron chi connectivity index (χ0n) is 17.8. The van der Waals surface area contributed by atoms with Crippen molar-refractivity contribution in [1.29, 1.82) is 0 Å². The molecular weight excluding hydrogens is 304 g/mol. The summed E-state index contributed by atoms with van der Waals surface area (Å²) in [5.74, 6) is 0. The van der Waals surface area contributed by atoms with Crippen LogP contribution >= 0.6 is 0 Å². The number of hydrogen-bond acceptors (Lipinski definition) is 1. The van der Waals surface area contributed by atoms with Gasteiger partial charge in [-0.05, 0) is 92.9 Å². The second-order valence-electron chi connectivity index (χ2n) is 7.35. The second-order valence-corrected chi connectivity index (χ2v) is 7.35. The third kappa shape index (κ3) is 16.2. The first-order chi connectivity index (χ1) is 12.0. The van der Waals surface area contributed by atoms with Gasteiger partial charge in [0, 0.05) is 13.2 Å². The fourth-order valence-electron chi connectivity index (χ4n) is 2.82. The summed E-state index contributed by atoms with van der Waals surface area (Å²) in [6, 6.07) is 0. The van der Waals surface area contributed by atoms with Gasteiger partial charge in [-0.3, -0.25) is 0 Å². The van der Waals surface area contributed by atoms with Crippen LogP contribution in [0.1, 0.15) is 92.9 Å². The molecule has 0 fully saturated rings. The Morgan fingerprint density at radius 3 is 1.36 bits per heavy atom. The van der Waals surface area contributed by atoms with E-state index in [0.29, 0.717) is 0 Å². The summed E-state index contributed by atoms with van der Waals surface area (Å²) in [5, 5.41) is 0. The summed E-state index contributed by atoms with van der Waals surface area (Å²) in [5.41, 5.74) is 5.97. The molecule has 0 aliphatic rings. The Morgan fingerprint density at radius 1 is 0.640 bits per heavy atom. The van der Waals surface area contributed by atoms with Gasteiger partial charge in [0.05, 0.1) is 0 Å². The van der Waals surface area contributed by atoms with Crippen molar-refractivity contribution in [2.45, 2.75) is 92.9 Å². The average molecular weight is 347 g/mol. The molecule has 1 heteroatoms. The van der Waals surface area contributed by atoms with Gasteiger partial charge in [0.15, 0.2) is 0 Å². The minimum atomic E-state index is 0.892. The lowest BCUT2D eigenvalue weighted by Gasteiger charge is -2.08. The van der Waals surface area contributed by atoms with Gasteiger partial charge in [0.2, 0.25) is 0 Å². The maximum atomic E-state index is 5.83. The minimum Gasteiger partial charge on any atom is -0.381 e. The Labute approximate surface area is 157 Å². The quantitative estimate of drug-likeness (QED) is 0.229. The van der Waals surface area contributed by atoms with Crippen LogP contribution in [0.3, 0.4) is 0 Å². The first kappa shape index (κ1) is 23.9. The van der Waals surface area contributed by atoms with Crippen molar-refractivity contribution >= 4 is 0 Å². The van der Waals surface area contributed by atoms with Crippen LogP contribution in [0.2, 0.25) is 0 Å². The third-order valence-corrected chi connectivity index (χ3v) is 4.43. The molecule has 0 radical (unpaired) electrons. The molecule has 0 aromatic carbocycles. The van der Waals surface area contributed by atoms with Gasteiger partial charge in [-0.15, -0.1) is 0 Å². The maximum absolute atomic E-state index is 5.83. The molecule has 0 amide bonds. The van der Waals surface area contributed by atoms with Gasteiger partial charge in [0.25, 0.3) is 0 Å². The number of rotatable bonds is 14. The zero-order chi connectivity index (χ0) is 18.9. The Bertz CT molecular complexity index is 399. The molecule has 0 N–H and O–H groups in total. The first-order valence-electron chi connectivity index (χ1n) is 10.1. The number of ether oxygens (including phenoxy) is 1. The average Bonchev–Trinajstić information content (AvgIpc) is 2.57. The number of hydrogen-bond donors (Lipinski definition) is 0. The summed E-state index contributed by atoms with van der Waals surface area (Å²) in [7, 11) is 0. The minimum absolute atomic E-state index is 0.892. The molecule has 1 nitrogen and oxygen atoms in total. The highest BCUT2D eigenvalue weighted by Crippen LogP contribution is 2.15. The van der Waals surface area contributed by atoms with Gasteiger partial charge in [-0.25, -0.2) is 0 Å². The smallest absolute Gasteiger partial charge is 0.0469 e. The lowest BCUT2D eigenvalue weighted by molar-refractivity contribution is 0.129. The summed E-state index contributed by atoms with van der Waals surface area (Å²) in [4.78, 5) is 0. The van der Waals surface area contributed by atoms with E-state index in [1.807, 2.05) is 0 Å². The fourth-order valence-corrected chi connectivity index (χ4v) is 2.82. The zero-order valence-corrected chi connectivity index (χ0v) is 17.8. The molecule has 25 heavy (non-hydrogen) atoms. The summed E-state index contributed by atoms with van der Waals surface area (Å²) >= 11 is 0. The Morgan fingerprint density at radius 2 is 1.04 bits per heavy atom. The van der Waals surface area contributed by atoms with Gasteiger partial charge in [-0.2, -0.15) is 0 Å². The molecule has 0 aliphatic heterocycles. The van der Waals surface area contributed by atoms with Crippen LogP contribution in [0.25, 0.3) is 0 Å². The molecule has 144 valence electrons. The topological polar surface area (TPSA) is 9.23 Å². The lowest BCUT2D eigenvalue weighted by atomic mass is 10.0. The Hall–Kier alpha value is -1.08. The molecule has 0 aromatic rings. The predicted octanol–water partition coefficient (Wildman–Crippen LogP) is 7.95. The first-order valence-corrected chi connectivity index (χ1v) is 10.1. The van der Waals surface area contributed by atoms with Crippen molar-refractivity contribution in [3.05, 3.63) is 46.6 Å². The van der Waals surface area contributed by atoms with E-state index < -0.39 is 0 Å². The molecule has 0 heterocycles. The molecule has 0 unspecified atom stereocenters. The fraction of sp³-hybridized carbons (Fsp3) is 0.667. The molecule has 0 spiro atoms. The van der Waals surface area contributed by atoms with Crippen molar-refractivity contribution < 1.29 is 4.74 Å². The third-order valence-electron chi connectivity index (χ3n) is 4.43. The van der Waals surface area contributed by atoms with E-state index >= 15 is 0 Å². The molecule has 0 saturated heterocycles. The van der Waals surface area contributed by atoms with E-state index in [1.165, 1.54) is 49.7 Å². The van der Waals surface area contributed by atoms with Crippen molar-refractivity contribution in [2.24, 2.45) is 0 Å². The van der Waals surface area contributed by atoms with Gasteiger partial charge in [0.1, 0.15) is 0 Å². The standard InChI is InChI=1S/C24H42O/c1-7-23(15-9-13-21(3)4)17-11-19-25-20-12-18-24(8-2)16-10-14-22(5)6/h7-8,13-14H,9-12,15-20H2,1-6H3. The molecule has 0 bridgehead atoms. The lowest BCUT2D eigenvalue weighted by Crippen LogP contribution is -1.99. The monoisotopic (exact) mass is 346 g/mol. The van der Waals surface area contributed by atoms with E-state index in [2.05, 4.69) is 65.8 Å². The Kier molecular flexibility index (Phi) is 15.7. The molecular formula is C24H42O. The molecule has 0 aromatic heterocycles. The highest BCUT2D eigenvalue weighted by molar-refractivity contribution is 5.04. The highest BCUT2D eigenvalue weighted by atomic mass is 16.5. The van der Waals surface area contributed by atoms with Crippen LogP contribution in [0, 0.1) is 0 Å². The van der Waals surface area contributed by atoms with Gasteiger partial charge in [-0.1, -0.05) is 46.6 Å². The van der Waals surface area contributed by atoms with Crippen LogP contribution < -0.4 is 0 Å². The van der Waals surface area contributed by atoms with E-state index in [9.17, 15) is 0 Å². The van der Waals surface area contributed by atoms with E-state index in [-0.39, 0.29) is 0 Å².